The van der Waals surface area contributed by atoms with Crippen LogP contribution in [0.4, 0.5) is 4.79 Å². The second-order valence-electron chi connectivity index (χ2n) is 14.0. The number of hydrogen-bond acceptors (Lipinski definition) is 4. The quantitative estimate of drug-likeness (QED) is 0.406. The largest absolute Gasteiger partial charge is 0.335 e. The standard InChI is InChI=1S/C33H48N4OS/c1-32-16-14-24(35-31(38)36-28(30-34-18-19-39-30)20-22-8-6-5-7-9-22)21-23(32)10-11-25-26-12-13-29(37(3)4)33(26,2)17-15-27(25)32/h5-9,18-19,23-29H,10-17,20-21H2,1-4H3,(H2,35,36,38)/t23?,24-,25-,26-,27-,28?,29-,32-,33-/m0/s1. The second-order valence-corrected chi connectivity index (χ2v) is 14.9. The minimum absolute atomic E-state index is 0.0393. The maximum Gasteiger partial charge on any atom is 0.315 e. The van der Waals surface area contributed by atoms with Crippen molar-refractivity contribution < 1.29 is 4.79 Å². The summed E-state index contributed by atoms with van der Waals surface area (Å²) in [6, 6.07) is 11.3. The fourth-order valence-corrected chi connectivity index (χ4v) is 10.7. The van der Waals surface area contributed by atoms with Crippen molar-refractivity contribution in [3.05, 3.63) is 52.5 Å². The van der Waals surface area contributed by atoms with E-state index in [2.05, 4.69) is 72.7 Å². The lowest BCUT2D eigenvalue weighted by Crippen LogP contribution is -2.57. The van der Waals surface area contributed by atoms with Gasteiger partial charge in [-0.05, 0) is 118 Å². The Bertz CT molecular complexity index is 1120. The molecule has 4 aliphatic carbocycles. The normalized spacial score (nSPS) is 38.4. The molecule has 2 unspecified atom stereocenters. The maximum atomic E-state index is 13.3. The molecule has 1 aromatic carbocycles. The first-order chi connectivity index (χ1) is 18.8. The number of hydrogen-bond donors (Lipinski definition) is 2. The molecule has 5 nitrogen and oxygen atoms in total. The summed E-state index contributed by atoms with van der Waals surface area (Å²) >= 11 is 1.61. The highest BCUT2D eigenvalue weighted by Gasteiger charge is 2.60. The van der Waals surface area contributed by atoms with Crippen LogP contribution in [0, 0.1) is 34.5 Å². The Kier molecular flexibility index (Phi) is 7.56. The van der Waals surface area contributed by atoms with Crippen molar-refractivity contribution in [1.29, 1.82) is 0 Å². The third kappa shape index (κ3) is 5.05. The molecule has 1 heterocycles. The van der Waals surface area contributed by atoms with Gasteiger partial charge in [-0.15, -0.1) is 11.3 Å². The van der Waals surface area contributed by atoms with Crippen LogP contribution in [0.1, 0.15) is 88.2 Å². The molecule has 6 rings (SSSR count). The van der Waals surface area contributed by atoms with Gasteiger partial charge in [-0.25, -0.2) is 9.78 Å². The third-order valence-electron chi connectivity index (χ3n) is 11.9. The zero-order valence-corrected chi connectivity index (χ0v) is 25.2. The Labute approximate surface area is 239 Å². The predicted molar refractivity (Wildman–Crippen MR) is 160 cm³/mol. The van der Waals surface area contributed by atoms with E-state index in [9.17, 15) is 4.79 Å². The van der Waals surface area contributed by atoms with Crippen molar-refractivity contribution >= 4 is 17.4 Å². The van der Waals surface area contributed by atoms with Gasteiger partial charge in [0.2, 0.25) is 0 Å². The Morgan fingerprint density at radius 1 is 1.03 bits per heavy atom. The fourth-order valence-electron chi connectivity index (χ4n) is 10.1. The lowest BCUT2D eigenvalue weighted by molar-refractivity contribution is -0.115. The molecule has 4 aliphatic rings. The monoisotopic (exact) mass is 548 g/mol. The van der Waals surface area contributed by atoms with Crippen molar-refractivity contribution in [2.75, 3.05) is 14.1 Å². The third-order valence-corrected chi connectivity index (χ3v) is 12.8. The van der Waals surface area contributed by atoms with Gasteiger partial charge in [-0.1, -0.05) is 44.2 Å². The molecule has 39 heavy (non-hydrogen) atoms. The number of nitrogens with zero attached hydrogens (tertiary/aromatic N) is 2. The lowest BCUT2D eigenvalue weighted by Gasteiger charge is -2.61. The highest BCUT2D eigenvalue weighted by atomic mass is 32.1. The number of thiazole rings is 1. The first-order valence-electron chi connectivity index (χ1n) is 15.4. The van der Waals surface area contributed by atoms with Crippen LogP contribution in [0.3, 0.4) is 0 Å². The number of carbonyl (C=O) groups excluding carboxylic acids is 1. The number of urea groups is 1. The number of rotatable bonds is 6. The molecule has 2 N–H and O–H groups in total. The van der Waals surface area contributed by atoms with Crippen LogP contribution in [0.2, 0.25) is 0 Å². The van der Waals surface area contributed by atoms with Gasteiger partial charge in [0, 0.05) is 23.7 Å². The molecule has 0 spiro atoms. The lowest BCUT2D eigenvalue weighted by atomic mass is 9.45. The van der Waals surface area contributed by atoms with Gasteiger partial charge in [0.25, 0.3) is 0 Å². The smallest absolute Gasteiger partial charge is 0.315 e. The number of fused-ring (bicyclic) bond motifs is 5. The Morgan fingerprint density at radius 3 is 2.54 bits per heavy atom. The van der Waals surface area contributed by atoms with Crippen LogP contribution < -0.4 is 10.6 Å². The van der Waals surface area contributed by atoms with E-state index < -0.39 is 0 Å². The number of amides is 2. The van der Waals surface area contributed by atoms with E-state index in [-0.39, 0.29) is 18.1 Å². The zero-order valence-electron chi connectivity index (χ0n) is 24.4. The average Bonchev–Trinajstić information content (AvgIpc) is 3.57. The van der Waals surface area contributed by atoms with Gasteiger partial charge < -0.3 is 15.5 Å². The zero-order chi connectivity index (χ0) is 27.2. The first-order valence-corrected chi connectivity index (χ1v) is 16.3. The van der Waals surface area contributed by atoms with E-state index in [1.54, 1.807) is 11.3 Å². The van der Waals surface area contributed by atoms with E-state index in [1.807, 2.05) is 17.6 Å². The summed E-state index contributed by atoms with van der Waals surface area (Å²) in [5, 5.41) is 9.64. The topological polar surface area (TPSA) is 57.3 Å². The number of aromatic nitrogens is 1. The molecule has 1 aromatic heterocycles. The van der Waals surface area contributed by atoms with Crippen molar-refractivity contribution in [1.82, 2.24) is 20.5 Å². The molecule has 6 heteroatoms. The van der Waals surface area contributed by atoms with Crippen molar-refractivity contribution in [2.45, 2.75) is 96.2 Å². The van der Waals surface area contributed by atoms with E-state index in [0.29, 0.717) is 10.8 Å². The maximum absolute atomic E-state index is 13.3. The molecule has 2 aromatic rings. The fraction of sp³-hybridized carbons (Fsp3) is 0.697. The highest BCUT2D eigenvalue weighted by Crippen LogP contribution is 2.66. The summed E-state index contributed by atoms with van der Waals surface area (Å²) in [6.45, 7) is 5.25. The van der Waals surface area contributed by atoms with Crippen molar-refractivity contribution in [2.24, 2.45) is 34.5 Å². The number of carbonyl (C=O) groups is 1. The average molecular weight is 549 g/mol. The van der Waals surface area contributed by atoms with Crippen LogP contribution in [0.25, 0.3) is 0 Å². The molecule has 212 valence electrons. The van der Waals surface area contributed by atoms with Crippen molar-refractivity contribution in [3.8, 4) is 0 Å². The molecule has 0 saturated heterocycles. The molecule has 0 aliphatic heterocycles. The minimum Gasteiger partial charge on any atom is -0.335 e. The van der Waals surface area contributed by atoms with Gasteiger partial charge >= 0.3 is 6.03 Å². The Balaban J connectivity index is 1.09. The summed E-state index contributed by atoms with van der Waals surface area (Å²) in [5.74, 6) is 3.40. The van der Waals surface area contributed by atoms with E-state index in [1.165, 1.54) is 50.5 Å². The molecular formula is C33H48N4OS. The SMILES string of the molecule is CN(C)[C@H]1CC[C@H]2[C@@H]3CCC4C[C@@H](NC(=O)NC(Cc5ccccc5)c5nccs5)CC[C@]4(C)[C@H]3CC[C@]12C. The molecule has 2 amide bonds. The van der Waals surface area contributed by atoms with Crippen LogP contribution in [-0.2, 0) is 6.42 Å². The van der Waals surface area contributed by atoms with E-state index >= 15 is 0 Å². The Hall–Kier alpha value is -1.92. The van der Waals surface area contributed by atoms with E-state index in [4.69, 9.17) is 0 Å². The van der Waals surface area contributed by atoms with Gasteiger partial charge in [0.1, 0.15) is 5.01 Å². The molecule has 4 saturated carbocycles. The molecule has 0 radical (unpaired) electrons. The van der Waals surface area contributed by atoms with Crippen LogP contribution in [0.5, 0.6) is 0 Å². The number of nitrogens with one attached hydrogen (secondary N) is 2. The second kappa shape index (κ2) is 10.8. The summed E-state index contributed by atoms with van der Waals surface area (Å²) in [6.07, 6.45) is 14.4. The van der Waals surface area contributed by atoms with Gasteiger partial charge in [-0.2, -0.15) is 0 Å². The first kappa shape index (κ1) is 27.3. The minimum atomic E-state index is -0.106. The van der Waals surface area contributed by atoms with Gasteiger partial charge in [-0.3, -0.25) is 0 Å². The summed E-state index contributed by atoms with van der Waals surface area (Å²) < 4.78 is 0. The summed E-state index contributed by atoms with van der Waals surface area (Å²) in [5.41, 5.74) is 2.15. The van der Waals surface area contributed by atoms with Gasteiger partial charge in [0.15, 0.2) is 0 Å². The molecule has 9 atom stereocenters. The van der Waals surface area contributed by atoms with Crippen LogP contribution in [0.15, 0.2) is 41.9 Å². The van der Waals surface area contributed by atoms with Crippen LogP contribution >= 0.6 is 11.3 Å². The summed E-state index contributed by atoms with van der Waals surface area (Å²) in [4.78, 5) is 20.3. The highest BCUT2D eigenvalue weighted by molar-refractivity contribution is 7.09. The van der Waals surface area contributed by atoms with Crippen LogP contribution in [-0.4, -0.2) is 42.1 Å². The Morgan fingerprint density at radius 2 is 1.79 bits per heavy atom. The predicted octanol–water partition coefficient (Wildman–Crippen LogP) is 7.07. The summed E-state index contributed by atoms with van der Waals surface area (Å²) in [7, 11) is 4.60. The number of benzene rings is 1. The molecule has 0 bridgehead atoms. The molecular weight excluding hydrogens is 500 g/mol. The van der Waals surface area contributed by atoms with Crippen molar-refractivity contribution in [3.63, 3.8) is 0 Å². The molecule has 4 fully saturated rings. The van der Waals surface area contributed by atoms with Gasteiger partial charge in [0.05, 0.1) is 6.04 Å². The van der Waals surface area contributed by atoms with E-state index in [0.717, 1.165) is 54.0 Å².